The maximum atomic E-state index is 10.9. The van der Waals surface area contributed by atoms with Gasteiger partial charge in [0.05, 0.1) is 0 Å². The second-order valence-electron chi connectivity index (χ2n) is 2.95. The van der Waals surface area contributed by atoms with Crippen LogP contribution in [-0.4, -0.2) is 17.0 Å². The van der Waals surface area contributed by atoms with Crippen molar-refractivity contribution in [2.75, 3.05) is 0 Å². The summed E-state index contributed by atoms with van der Waals surface area (Å²) in [6.07, 6.45) is -1.22. The van der Waals surface area contributed by atoms with Crippen LogP contribution in [0.4, 0.5) is 0 Å². The fraction of sp³-hybridized carbons (Fsp3) is 0.200. The maximum Gasteiger partial charge on any atom is 0.303 e. The normalized spacial score (nSPS) is 11.8. The molecule has 0 aliphatic rings. The molecule has 0 aliphatic heterocycles. The van der Waals surface area contributed by atoms with Crippen LogP contribution in [0.25, 0.3) is 0 Å². The summed E-state index contributed by atoms with van der Waals surface area (Å²) in [5, 5.41) is 9.02. The molecule has 79 valence electrons. The molecule has 1 atom stereocenters. The van der Waals surface area contributed by atoms with E-state index in [1.807, 2.05) is 0 Å². The highest BCUT2D eigenvalue weighted by atomic mass is 16.5. The molecule has 1 radical (unpaired) electrons. The van der Waals surface area contributed by atoms with Crippen LogP contribution in [0, 0.1) is 0 Å². The Kier molecular flexibility index (Phi) is 3.28. The van der Waals surface area contributed by atoms with Gasteiger partial charge in [-0.25, -0.2) is 0 Å². The van der Waals surface area contributed by atoms with Crippen molar-refractivity contribution in [2.24, 2.45) is 0 Å². The average Bonchev–Trinajstić information content (AvgIpc) is 2.15. The van der Waals surface area contributed by atoms with Crippen LogP contribution in [0.5, 0.6) is 5.75 Å². The van der Waals surface area contributed by atoms with E-state index in [-0.39, 0.29) is 5.75 Å². The molecule has 0 spiro atoms. The zero-order chi connectivity index (χ0) is 11.4. The maximum absolute atomic E-state index is 10.9. The minimum absolute atomic E-state index is 0.0396. The Morgan fingerprint density at radius 1 is 1.33 bits per heavy atom. The third-order valence-corrected chi connectivity index (χ3v) is 1.72. The van der Waals surface area contributed by atoms with Gasteiger partial charge in [-0.1, -0.05) is 12.1 Å². The van der Waals surface area contributed by atoms with Crippen molar-refractivity contribution >= 4 is 11.9 Å². The lowest BCUT2D eigenvalue weighted by Crippen LogP contribution is -2.18. The number of amides is 1. The molecule has 0 fully saturated rings. The van der Waals surface area contributed by atoms with Gasteiger partial charge in [-0.2, -0.15) is 0 Å². The molecule has 2 N–H and O–H groups in total. The van der Waals surface area contributed by atoms with Gasteiger partial charge >= 0.3 is 5.97 Å². The summed E-state index contributed by atoms with van der Waals surface area (Å²) in [4.78, 5) is 21.6. The summed E-state index contributed by atoms with van der Waals surface area (Å²) in [5.41, 5.74) is 7.30. The third-order valence-electron chi connectivity index (χ3n) is 1.72. The van der Waals surface area contributed by atoms with Gasteiger partial charge in [0.15, 0.2) is 0 Å². The molecule has 15 heavy (non-hydrogen) atoms. The van der Waals surface area contributed by atoms with Crippen LogP contribution >= 0.6 is 0 Å². The third kappa shape index (κ3) is 2.98. The van der Waals surface area contributed by atoms with Crippen LogP contribution < -0.4 is 5.73 Å². The molecule has 1 aromatic rings. The van der Waals surface area contributed by atoms with Gasteiger partial charge in [-0.05, 0) is 12.1 Å². The fourth-order valence-electron chi connectivity index (χ4n) is 1.09. The Hall–Kier alpha value is -2.04. The fourth-order valence-corrected chi connectivity index (χ4v) is 1.09. The summed E-state index contributed by atoms with van der Waals surface area (Å²) < 4.78 is 4.68. The number of aromatic hydroxyl groups is 1. The number of hydrogen-bond donors (Lipinski definition) is 1. The number of rotatable bonds is 3. The highest BCUT2D eigenvalue weighted by Gasteiger charge is 2.21. The zero-order valence-electron chi connectivity index (χ0n) is 8.06. The summed E-state index contributed by atoms with van der Waals surface area (Å²) in [5.74, 6) is -1.60. The van der Waals surface area contributed by atoms with Crippen molar-refractivity contribution < 1.29 is 19.4 Å². The predicted molar refractivity (Wildman–Crippen MR) is 50.7 cm³/mol. The van der Waals surface area contributed by atoms with Crippen molar-refractivity contribution in [3.05, 3.63) is 29.8 Å². The zero-order valence-corrected chi connectivity index (χ0v) is 8.06. The largest absolute Gasteiger partial charge is 0.508 e. The summed E-state index contributed by atoms with van der Waals surface area (Å²) in [7, 11) is 0. The first kappa shape index (κ1) is 11.0. The molecule has 5 heteroatoms. The molecule has 1 aromatic carbocycles. The molecule has 0 heterocycles. The van der Waals surface area contributed by atoms with Gasteiger partial charge in [-0.15, -0.1) is 0 Å². The molecule has 0 aliphatic carbocycles. The van der Waals surface area contributed by atoms with Gasteiger partial charge < -0.3 is 9.84 Å². The smallest absolute Gasteiger partial charge is 0.303 e. The lowest BCUT2D eigenvalue weighted by Gasteiger charge is -2.12. The van der Waals surface area contributed by atoms with E-state index in [1.54, 1.807) is 0 Å². The van der Waals surface area contributed by atoms with Gasteiger partial charge in [0.1, 0.15) is 5.75 Å². The highest BCUT2D eigenvalue weighted by Crippen LogP contribution is 2.20. The van der Waals surface area contributed by atoms with Crippen LogP contribution in [0.15, 0.2) is 24.3 Å². The van der Waals surface area contributed by atoms with Crippen molar-refractivity contribution in [3.63, 3.8) is 0 Å². The molecular weight excluding hydrogens is 198 g/mol. The van der Waals surface area contributed by atoms with E-state index in [0.717, 1.165) is 6.92 Å². The average molecular weight is 208 g/mol. The quantitative estimate of drug-likeness (QED) is 0.744. The highest BCUT2D eigenvalue weighted by molar-refractivity contribution is 5.82. The van der Waals surface area contributed by atoms with Gasteiger partial charge in [0, 0.05) is 12.5 Å². The number of phenolic OH excluding ortho intramolecular Hbond substituents is 1. The molecular formula is C10H10NO4. The summed E-state index contributed by atoms with van der Waals surface area (Å²) in [6, 6.07) is 5.56. The first-order valence-corrected chi connectivity index (χ1v) is 4.22. The first-order valence-electron chi connectivity index (χ1n) is 4.22. The van der Waals surface area contributed by atoms with E-state index in [9.17, 15) is 9.59 Å². The molecule has 1 unspecified atom stereocenters. The Morgan fingerprint density at radius 2 is 1.87 bits per heavy atom. The number of nitrogens with one attached hydrogen (secondary N) is 1. The Labute approximate surface area is 86.5 Å². The monoisotopic (exact) mass is 208 g/mol. The SMILES string of the molecule is CC(=O)OC(C([NH])=O)c1ccc(O)cc1. The topological polar surface area (TPSA) is 87.4 Å². The number of phenols is 1. The van der Waals surface area contributed by atoms with Crippen molar-refractivity contribution in [3.8, 4) is 5.75 Å². The first-order chi connectivity index (χ1) is 7.00. The van der Waals surface area contributed by atoms with Gasteiger partial charge in [0.25, 0.3) is 5.91 Å². The second kappa shape index (κ2) is 4.45. The number of hydrogen-bond acceptors (Lipinski definition) is 4. The molecule has 0 aromatic heterocycles. The summed E-state index contributed by atoms with van der Waals surface area (Å²) in [6.45, 7) is 1.16. The van der Waals surface area contributed by atoms with Crippen LogP contribution in [0.2, 0.25) is 0 Å². The molecule has 1 amide bonds. The Morgan fingerprint density at radius 3 is 2.27 bits per heavy atom. The standard InChI is InChI=1S/C10H10NO4/c1-6(12)15-9(10(11)14)7-2-4-8(13)5-3-7/h2-5,9,11,13H,1H3. The lowest BCUT2D eigenvalue weighted by atomic mass is 10.1. The van der Waals surface area contributed by atoms with Crippen LogP contribution in [-0.2, 0) is 14.3 Å². The van der Waals surface area contributed by atoms with Crippen molar-refractivity contribution in [1.82, 2.24) is 5.73 Å². The van der Waals surface area contributed by atoms with E-state index >= 15 is 0 Å². The van der Waals surface area contributed by atoms with E-state index < -0.39 is 18.0 Å². The summed E-state index contributed by atoms with van der Waals surface area (Å²) >= 11 is 0. The van der Waals surface area contributed by atoms with Gasteiger partial charge in [0.2, 0.25) is 6.10 Å². The van der Waals surface area contributed by atoms with E-state index in [4.69, 9.17) is 10.8 Å². The van der Waals surface area contributed by atoms with Crippen LogP contribution in [0.1, 0.15) is 18.6 Å². The minimum atomic E-state index is -1.22. The molecule has 5 nitrogen and oxygen atoms in total. The van der Waals surface area contributed by atoms with E-state index in [0.29, 0.717) is 5.56 Å². The van der Waals surface area contributed by atoms with Crippen molar-refractivity contribution in [2.45, 2.75) is 13.0 Å². The van der Waals surface area contributed by atoms with E-state index in [1.165, 1.54) is 24.3 Å². The number of carbonyl (C=O) groups excluding carboxylic acids is 2. The Bertz CT molecular complexity index is 372. The second-order valence-corrected chi connectivity index (χ2v) is 2.95. The molecule has 0 saturated heterocycles. The van der Waals surface area contributed by atoms with Crippen LogP contribution in [0.3, 0.4) is 0 Å². The predicted octanol–water partition coefficient (Wildman–Crippen LogP) is 0.806. The van der Waals surface area contributed by atoms with E-state index in [2.05, 4.69) is 4.74 Å². The molecule has 1 rings (SSSR count). The minimum Gasteiger partial charge on any atom is -0.508 e. The molecule has 0 saturated carbocycles. The van der Waals surface area contributed by atoms with Gasteiger partial charge in [-0.3, -0.25) is 15.3 Å². The molecule has 0 bridgehead atoms. The lowest BCUT2D eigenvalue weighted by molar-refractivity contribution is -0.153. The number of ether oxygens (including phenoxy) is 1. The van der Waals surface area contributed by atoms with Crippen molar-refractivity contribution in [1.29, 1.82) is 0 Å². The number of benzene rings is 1. The number of esters is 1. The number of carbonyl (C=O) groups is 2. The Balaban J connectivity index is 2.94.